The Labute approximate surface area is 177 Å². The first kappa shape index (κ1) is 23.8. The summed E-state index contributed by atoms with van der Waals surface area (Å²) < 4.78 is 32.1. The van der Waals surface area contributed by atoms with Crippen LogP contribution in [0.1, 0.15) is 57.3 Å². The molecule has 1 aromatic rings. The van der Waals surface area contributed by atoms with Crippen molar-refractivity contribution in [1.29, 1.82) is 0 Å². The molecule has 0 spiro atoms. The van der Waals surface area contributed by atoms with Gasteiger partial charge in [-0.1, -0.05) is 12.5 Å². The Hall–Kier alpha value is -2.46. The van der Waals surface area contributed by atoms with Crippen LogP contribution in [-0.4, -0.2) is 55.4 Å². The number of amides is 3. The third kappa shape index (κ3) is 6.53. The predicted molar refractivity (Wildman–Crippen MR) is 110 cm³/mol. The average molecular weight is 440 g/mol. The Morgan fingerprint density at radius 1 is 1.10 bits per heavy atom. The molecular formula is C20H29N3O6S. The Bertz CT molecular complexity index is 901. The second-order valence-corrected chi connectivity index (χ2v) is 10.2. The number of hydrogen-bond acceptors (Lipinski definition) is 6. The highest BCUT2D eigenvalue weighted by atomic mass is 32.2. The molecule has 1 heterocycles. The van der Waals surface area contributed by atoms with E-state index in [1.54, 1.807) is 20.8 Å². The van der Waals surface area contributed by atoms with Crippen molar-refractivity contribution >= 4 is 27.9 Å². The lowest BCUT2D eigenvalue weighted by atomic mass is 10.1. The first-order valence-corrected chi connectivity index (χ1v) is 11.3. The van der Waals surface area contributed by atoms with Gasteiger partial charge in [0.05, 0.1) is 10.5 Å². The van der Waals surface area contributed by atoms with Crippen molar-refractivity contribution in [3.8, 4) is 0 Å². The summed E-state index contributed by atoms with van der Waals surface area (Å²) in [6.45, 7) is 7.49. The maximum absolute atomic E-state index is 12.8. The maximum Gasteiger partial charge on any atom is 0.338 e. The molecule has 0 radical (unpaired) electrons. The summed E-state index contributed by atoms with van der Waals surface area (Å²) >= 11 is 0. The lowest BCUT2D eigenvalue weighted by Crippen LogP contribution is -2.50. The van der Waals surface area contributed by atoms with E-state index in [2.05, 4.69) is 10.6 Å². The Morgan fingerprint density at radius 2 is 1.73 bits per heavy atom. The number of carbonyl (C=O) groups is 3. The first-order valence-electron chi connectivity index (χ1n) is 9.84. The third-order valence-electron chi connectivity index (χ3n) is 4.40. The second kappa shape index (κ2) is 9.57. The van der Waals surface area contributed by atoms with Gasteiger partial charge in [0.25, 0.3) is 5.91 Å². The maximum atomic E-state index is 12.8. The second-order valence-electron chi connectivity index (χ2n) is 8.23. The summed E-state index contributed by atoms with van der Waals surface area (Å²) in [4.78, 5) is 36.3. The minimum atomic E-state index is -3.70. The summed E-state index contributed by atoms with van der Waals surface area (Å²) in [7, 11) is -3.70. The van der Waals surface area contributed by atoms with Gasteiger partial charge in [0, 0.05) is 18.6 Å². The van der Waals surface area contributed by atoms with E-state index in [4.69, 9.17) is 4.74 Å². The summed E-state index contributed by atoms with van der Waals surface area (Å²) in [5, 5.41) is 4.67. The topological polar surface area (TPSA) is 122 Å². The van der Waals surface area contributed by atoms with E-state index >= 15 is 0 Å². The van der Waals surface area contributed by atoms with E-state index < -0.39 is 39.6 Å². The number of sulfonamides is 1. The number of benzene rings is 1. The highest BCUT2D eigenvalue weighted by molar-refractivity contribution is 7.89. The Kier molecular flexibility index (Phi) is 7.59. The van der Waals surface area contributed by atoms with E-state index in [0.717, 1.165) is 19.3 Å². The zero-order valence-corrected chi connectivity index (χ0v) is 18.5. The van der Waals surface area contributed by atoms with E-state index in [-0.39, 0.29) is 10.5 Å². The minimum Gasteiger partial charge on any atom is -0.449 e. The molecule has 0 aromatic heterocycles. The molecule has 1 saturated heterocycles. The zero-order valence-electron chi connectivity index (χ0n) is 17.7. The molecule has 1 unspecified atom stereocenters. The molecule has 1 fully saturated rings. The summed E-state index contributed by atoms with van der Waals surface area (Å²) in [6, 6.07) is 4.82. The molecule has 0 aliphatic carbocycles. The van der Waals surface area contributed by atoms with Gasteiger partial charge in [-0.15, -0.1) is 0 Å². The van der Waals surface area contributed by atoms with Gasteiger partial charge in [0.2, 0.25) is 10.0 Å². The zero-order chi connectivity index (χ0) is 22.5. The Morgan fingerprint density at radius 3 is 2.33 bits per heavy atom. The molecular weight excluding hydrogens is 410 g/mol. The van der Waals surface area contributed by atoms with Gasteiger partial charge in [0.1, 0.15) is 0 Å². The minimum absolute atomic E-state index is 0.000472. The molecule has 1 aliphatic heterocycles. The normalized spacial score (nSPS) is 16.4. The van der Waals surface area contributed by atoms with Crippen molar-refractivity contribution in [3.63, 3.8) is 0 Å². The SMILES string of the molecule is CC(OC(=O)c1cccc(S(=O)(=O)N2CCCCC2)c1)C(=O)NC(=O)NC(C)(C)C. The van der Waals surface area contributed by atoms with Crippen molar-refractivity contribution in [2.45, 2.75) is 63.5 Å². The van der Waals surface area contributed by atoms with Crippen LogP contribution in [0.15, 0.2) is 29.2 Å². The number of hydrogen-bond donors (Lipinski definition) is 2. The molecule has 1 aromatic carbocycles. The van der Waals surface area contributed by atoms with E-state index in [9.17, 15) is 22.8 Å². The highest BCUT2D eigenvalue weighted by Crippen LogP contribution is 2.21. The molecule has 2 rings (SSSR count). The van der Waals surface area contributed by atoms with Crippen molar-refractivity contribution in [3.05, 3.63) is 29.8 Å². The molecule has 0 bridgehead atoms. The largest absolute Gasteiger partial charge is 0.449 e. The molecule has 166 valence electrons. The number of imide groups is 1. The van der Waals surface area contributed by atoms with Crippen LogP contribution in [0.2, 0.25) is 0 Å². The van der Waals surface area contributed by atoms with E-state index in [1.807, 2.05) is 0 Å². The average Bonchev–Trinajstić information content (AvgIpc) is 2.67. The highest BCUT2D eigenvalue weighted by Gasteiger charge is 2.27. The molecule has 0 saturated carbocycles. The van der Waals surface area contributed by atoms with Crippen molar-refractivity contribution in [2.75, 3.05) is 13.1 Å². The van der Waals surface area contributed by atoms with Crippen LogP contribution >= 0.6 is 0 Å². The molecule has 9 nitrogen and oxygen atoms in total. The van der Waals surface area contributed by atoms with E-state index in [0.29, 0.717) is 13.1 Å². The summed E-state index contributed by atoms with van der Waals surface area (Å²) in [5.41, 5.74) is -0.531. The molecule has 30 heavy (non-hydrogen) atoms. The number of carbonyl (C=O) groups excluding carboxylic acids is 3. The van der Waals surface area contributed by atoms with Gasteiger partial charge >= 0.3 is 12.0 Å². The predicted octanol–water partition coefficient (Wildman–Crippen LogP) is 2.03. The molecule has 1 aliphatic rings. The van der Waals surface area contributed by atoms with Crippen LogP contribution in [0, 0.1) is 0 Å². The lowest BCUT2D eigenvalue weighted by Gasteiger charge is -2.26. The Balaban J connectivity index is 2.04. The fourth-order valence-electron chi connectivity index (χ4n) is 2.91. The van der Waals surface area contributed by atoms with Crippen LogP contribution in [0.3, 0.4) is 0 Å². The van der Waals surface area contributed by atoms with Crippen LogP contribution < -0.4 is 10.6 Å². The lowest BCUT2D eigenvalue weighted by molar-refractivity contribution is -0.127. The van der Waals surface area contributed by atoms with Crippen molar-refractivity contribution in [1.82, 2.24) is 14.9 Å². The van der Waals surface area contributed by atoms with Gasteiger partial charge in [-0.3, -0.25) is 10.1 Å². The molecule has 10 heteroatoms. The third-order valence-corrected chi connectivity index (χ3v) is 6.30. The van der Waals surface area contributed by atoms with Crippen LogP contribution in [0.25, 0.3) is 0 Å². The van der Waals surface area contributed by atoms with E-state index in [1.165, 1.54) is 35.5 Å². The number of rotatable bonds is 5. The number of ether oxygens (including phenoxy) is 1. The van der Waals surface area contributed by atoms with Crippen LogP contribution in [0.5, 0.6) is 0 Å². The van der Waals surface area contributed by atoms with Crippen molar-refractivity contribution < 1.29 is 27.5 Å². The first-order chi connectivity index (χ1) is 13.9. The quantitative estimate of drug-likeness (QED) is 0.677. The van der Waals surface area contributed by atoms with Gasteiger partial charge in [-0.25, -0.2) is 18.0 Å². The number of piperidine rings is 1. The smallest absolute Gasteiger partial charge is 0.338 e. The number of urea groups is 1. The molecule has 2 N–H and O–H groups in total. The number of esters is 1. The summed E-state index contributed by atoms with van der Waals surface area (Å²) in [5.74, 6) is -1.65. The van der Waals surface area contributed by atoms with Gasteiger partial charge < -0.3 is 10.1 Å². The fourth-order valence-corrected chi connectivity index (χ4v) is 4.47. The number of nitrogens with zero attached hydrogens (tertiary/aromatic N) is 1. The van der Waals surface area contributed by atoms with Gasteiger partial charge in [0.15, 0.2) is 6.10 Å². The number of nitrogens with one attached hydrogen (secondary N) is 2. The van der Waals surface area contributed by atoms with Gasteiger partial charge in [-0.05, 0) is 58.7 Å². The molecule has 1 atom stereocenters. The molecule has 3 amide bonds. The van der Waals surface area contributed by atoms with Crippen molar-refractivity contribution in [2.24, 2.45) is 0 Å². The monoisotopic (exact) mass is 439 g/mol. The van der Waals surface area contributed by atoms with Crippen LogP contribution in [0.4, 0.5) is 4.79 Å². The van der Waals surface area contributed by atoms with Gasteiger partial charge in [-0.2, -0.15) is 4.31 Å². The fraction of sp³-hybridized carbons (Fsp3) is 0.550. The summed E-state index contributed by atoms with van der Waals surface area (Å²) in [6.07, 6.45) is 1.35. The van der Waals surface area contributed by atoms with Crippen LogP contribution in [-0.2, 0) is 19.6 Å². The standard InChI is InChI=1S/C20H29N3O6S/c1-14(17(24)21-19(26)22-20(2,3)4)29-18(25)15-9-8-10-16(13-15)30(27,28)23-11-6-5-7-12-23/h8-10,13-14H,5-7,11-12H2,1-4H3,(H2,21,22,24,26).